The second kappa shape index (κ2) is 5.03. The molecular formula is C8H15Li. The van der Waals surface area contributed by atoms with Crippen molar-refractivity contribution in [3.8, 4) is 0 Å². The minimum absolute atomic E-state index is 0. The molecule has 0 aromatic heterocycles. The molecule has 0 spiro atoms. The smallest absolute Gasteiger partial charge is 0.245 e. The van der Waals surface area contributed by atoms with Crippen molar-refractivity contribution in [1.29, 1.82) is 0 Å². The van der Waals surface area contributed by atoms with Crippen LogP contribution < -0.4 is 18.9 Å². The Morgan fingerprint density at radius 2 is 1.78 bits per heavy atom. The van der Waals surface area contributed by atoms with Crippen LogP contribution in [-0.2, 0) is 0 Å². The molecule has 0 heterocycles. The summed E-state index contributed by atoms with van der Waals surface area (Å²) in [4.78, 5) is 0. The molecule has 0 aliphatic rings. The molecule has 0 aromatic rings. The van der Waals surface area contributed by atoms with Gasteiger partial charge in [-0.05, 0) is 0 Å². The van der Waals surface area contributed by atoms with Gasteiger partial charge in [-0.25, -0.2) is 19.1 Å². The summed E-state index contributed by atoms with van der Waals surface area (Å²) in [5, 5.41) is 0. The third kappa shape index (κ3) is 11.7. The van der Waals surface area contributed by atoms with E-state index in [0.29, 0.717) is 5.41 Å². The van der Waals surface area contributed by atoms with Gasteiger partial charge in [-0.2, -0.15) is 0 Å². The van der Waals surface area contributed by atoms with Crippen molar-refractivity contribution in [3.63, 3.8) is 0 Å². The van der Waals surface area contributed by atoms with E-state index < -0.39 is 0 Å². The summed E-state index contributed by atoms with van der Waals surface area (Å²) >= 11 is 0. The molecule has 48 valence electrons. The Morgan fingerprint density at radius 3 is 1.89 bits per heavy atom. The monoisotopic (exact) mass is 118 g/mol. The van der Waals surface area contributed by atoms with Gasteiger partial charge in [0, 0.05) is 0 Å². The quantitative estimate of drug-likeness (QED) is 0.331. The summed E-state index contributed by atoms with van der Waals surface area (Å²) in [5.41, 5.74) is 0.425. The van der Waals surface area contributed by atoms with E-state index in [4.69, 9.17) is 0 Å². The van der Waals surface area contributed by atoms with Gasteiger partial charge in [0.1, 0.15) is 0 Å². The molecule has 1 heteroatoms. The fourth-order valence-electron chi connectivity index (χ4n) is 0.437. The number of rotatable bonds is 1. The van der Waals surface area contributed by atoms with E-state index in [1.807, 2.05) is 6.08 Å². The second-order valence-electron chi connectivity index (χ2n) is 3.24. The molecule has 0 N–H and O–H groups in total. The zero-order chi connectivity index (χ0) is 6.62. The molecule has 0 saturated carbocycles. The summed E-state index contributed by atoms with van der Waals surface area (Å²) in [6.45, 7) is 10.3. The first-order valence-corrected chi connectivity index (χ1v) is 3.00. The van der Waals surface area contributed by atoms with Gasteiger partial charge in [-0.15, -0.1) is 0 Å². The Hall–Kier alpha value is 0.207. The first-order valence-electron chi connectivity index (χ1n) is 3.00. The molecule has 0 radical (unpaired) electrons. The Bertz CT molecular complexity index is 77.1. The molecule has 0 amide bonds. The van der Waals surface area contributed by atoms with Crippen LogP contribution in [-0.4, -0.2) is 0 Å². The molecule has 0 aromatic carbocycles. The van der Waals surface area contributed by atoms with Gasteiger partial charge in [0.15, 0.2) is 0 Å². The van der Waals surface area contributed by atoms with Crippen molar-refractivity contribution in [2.75, 3.05) is 0 Å². The average Bonchev–Trinajstić information content (AvgIpc) is 1.59. The average molecular weight is 118 g/mol. The first kappa shape index (κ1) is 11.9. The maximum Gasteiger partial charge on any atom is 1.00 e. The van der Waals surface area contributed by atoms with Crippen molar-refractivity contribution in [1.82, 2.24) is 0 Å². The molecule has 0 aliphatic carbocycles. The Labute approximate surface area is 70.9 Å². The predicted molar refractivity (Wildman–Crippen MR) is 38.6 cm³/mol. The van der Waals surface area contributed by atoms with Gasteiger partial charge in [0.05, 0.1) is 0 Å². The van der Waals surface area contributed by atoms with Crippen LogP contribution in [0.1, 0.15) is 27.2 Å². The van der Waals surface area contributed by atoms with Crippen LogP contribution >= 0.6 is 0 Å². The zero-order valence-electron chi connectivity index (χ0n) is 7.07. The van der Waals surface area contributed by atoms with Crippen LogP contribution in [0.4, 0.5) is 0 Å². The molecule has 0 unspecified atom stereocenters. The van der Waals surface area contributed by atoms with Crippen molar-refractivity contribution < 1.29 is 18.9 Å². The van der Waals surface area contributed by atoms with E-state index in [9.17, 15) is 0 Å². The normalized spacial score (nSPS) is 11.4. The Morgan fingerprint density at radius 1 is 1.33 bits per heavy atom. The SMILES string of the molecule is [CH2-]/C=C\CC(C)(C)C.[Li+]. The zero-order valence-corrected chi connectivity index (χ0v) is 7.07. The van der Waals surface area contributed by atoms with Crippen LogP contribution in [0.15, 0.2) is 12.2 Å². The van der Waals surface area contributed by atoms with Gasteiger partial charge >= 0.3 is 18.9 Å². The summed E-state index contributed by atoms with van der Waals surface area (Å²) < 4.78 is 0. The molecule has 0 atom stereocenters. The van der Waals surface area contributed by atoms with E-state index in [2.05, 4.69) is 33.8 Å². The summed E-state index contributed by atoms with van der Waals surface area (Å²) in [7, 11) is 0. The van der Waals surface area contributed by atoms with E-state index in [1.165, 1.54) is 0 Å². The fraction of sp³-hybridized carbons (Fsp3) is 0.625. The number of hydrogen-bond donors (Lipinski definition) is 0. The molecule has 0 rings (SSSR count). The third-order valence-electron chi connectivity index (χ3n) is 0.897. The molecule has 9 heavy (non-hydrogen) atoms. The largest absolute Gasteiger partial charge is 1.00 e. The molecular weight excluding hydrogens is 103 g/mol. The standard InChI is InChI=1S/C8H15.Li/c1-5-6-7-8(2,3)4;/h5-6H,1,7H2,2-4H3;/q-1;+1/b6-5-;. The Balaban J connectivity index is 0. The first-order chi connectivity index (χ1) is 3.56. The summed E-state index contributed by atoms with van der Waals surface area (Å²) in [5.74, 6) is 0. The molecule has 0 saturated heterocycles. The second-order valence-corrected chi connectivity index (χ2v) is 3.24. The minimum atomic E-state index is 0. The maximum atomic E-state index is 3.61. The van der Waals surface area contributed by atoms with Crippen LogP contribution in [0.3, 0.4) is 0 Å². The van der Waals surface area contributed by atoms with Crippen LogP contribution in [0, 0.1) is 12.3 Å². The van der Waals surface area contributed by atoms with Gasteiger partial charge in [0.25, 0.3) is 0 Å². The number of hydrogen-bond acceptors (Lipinski definition) is 0. The van der Waals surface area contributed by atoms with E-state index >= 15 is 0 Å². The topological polar surface area (TPSA) is 0 Å². The summed E-state index contributed by atoms with van der Waals surface area (Å²) in [6.07, 6.45) is 5.07. The molecule has 0 nitrogen and oxygen atoms in total. The number of allylic oxidation sites excluding steroid dienone is 2. The molecule has 0 fully saturated rings. The van der Waals surface area contributed by atoms with Crippen LogP contribution in [0.5, 0.6) is 0 Å². The van der Waals surface area contributed by atoms with Crippen molar-refractivity contribution in [2.24, 2.45) is 5.41 Å². The van der Waals surface area contributed by atoms with E-state index in [1.54, 1.807) is 0 Å². The van der Waals surface area contributed by atoms with Crippen molar-refractivity contribution in [2.45, 2.75) is 27.2 Å². The Kier molecular flexibility index (Phi) is 6.67. The molecule has 0 aliphatic heterocycles. The van der Waals surface area contributed by atoms with Crippen molar-refractivity contribution in [3.05, 3.63) is 19.1 Å². The molecule has 0 bridgehead atoms. The fourth-order valence-corrected chi connectivity index (χ4v) is 0.437. The van der Waals surface area contributed by atoms with Gasteiger partial charge in [-0.1, -0.05) is 32.6 Å². The van der Waals surface area contributed by atoms with E-state index in [-0.39, 0.29) is 18.9 Å². The predicted octanol–water partition coefficient (Wildman–Crippen LogP) is -0.183. The van der Waals surface area contributed by atoms with Gasteiger partial charge in [0.2, 0.25) is 0 Å². The van der Waals surface area contributed by atoms with Gasteiger partial charge in [-0.3, -0.25) is 0 Å². The van der Waals surface area contributed by atoms with E-state index in [0.717, 1.165) is 6.42 Å². The summed E-state index contributed by atoms with van der Waals surface area (Å²) in [6, 6.07) is 0. The van der Waals surface area contributed by atoms with Crippen LogP contribution in [0.25, 0.3) is 0 Å². The van der Waals surface area contributed by atoms with Crippen LogP contribution in [0.2, 0.25) is 0 Å². The maximum absolute atomic E-state index is 3.61. The van der Waals surface area contributed by atoms with Gasteiger partial charge < -0.3 is 0 Å². The minimum Gasteiger partial charge on any atom is -0.245 e. The third-order valence-corrected chi connectivity index (χ3v) is 0.897. The van der Waals surface area contributed by atoms with Crippen molar-refractivity contribution >= 4 is 0 Å².